The number of hydrogen-bond donors (Lipinski definition) is 0. The molecule has 0 bridgehead atoms. The number of para-hydroxylation sites is 1. The number of fused-ring (bicyclic) bond motifs is 1. The van der Waals surface area contributed by atoms with Crippen molar-refractivity contribution in [3.63, 3.8) is 0 Å². The van der Waals surface area contributed by atoms with E-state index in [9.17, 15) is 14.4 Å². The van der Waals surface area contributed by atoms with Crippen LogP contribution in [0.25, 0.3) is 11.0 Å². The van der Waals surface area contributed by atoms with Crippen LogP contribution in [0.5, 0.6) is 0 Å². The zero-order valence-corrected chi connectivity index (χ0v) is 13.9. The third kappa shape index (κ3) is 4.22. The van der Waals surface area contributed by atoms with Crippen LogP contribution in [0, 0.1) is 0 Å². The van der Waals surface area contributed by atoms with E-state index >= 15 is 0 Å². The first kappa shape index (κ1) is 17.7. The van der Waals surface area contributed by atoms with Crippen molar-refractivity contribution in [3.8, 4) is 0 Å². The monoisotopic (exact) mass is 331 g/mol. The second kappa shape index (κ2) is 8.29. The lowest BCUT2D eigenvalue weighted by molar-refractivity contribution is -0.143. The van der Waals surface area contributed by atoms with E-state index < -0.39 is 11.5 Å². The Morgan fingerprint density at radius 1 is 1.17 bits per heavy atom. The van der Waals surface area contributed by atoms with Crippen LogP contribution in [-0.4, -0.2) is 36.5 Å². The Balaban J connectivity index is 2.24. The molecule has 1 amide bonds. The minimum Gasteiger partial charge on any atom is -0.466 e. The summed E-state index contributed by atoms with van der Waals surface area (Å²) < 4.78 is 10.1. The first-order valence-corrected chi connectivity index (χ1v) is 8.04. The smallest absolute Gasteiger partial charge is 0.349 e. The maximum absolute atomic E-state index is 12.7. The van der Waals surface area contributed by atoms with Gasteiger partial charge in [-0.15, -0.1) is 0 Å². The van der Waals surface area contributed by atoms with E-state index in [2.05, 4.69) is 0 Å². The van der Waals surface area contributed by atoms with Crippen molar-refractivity contribution in [1.29, 1.82) is 0 Å². The van der Waals surface area contributed by atoms with Crippen molar-refractivity contribution in [2.24, 2.45) is 0 Å². The standard InChI is InChI=1S/C18H21NO5/c1-3-10-19(11-9-16(20)23-4-2)17(21)14-12-13-7-5-6-8-15(13)24-18(14)22/h5-8,12H,3-4,9-11H2,1-2H3. The molecule has 128 valence electrons. The topological polar surface area (TPSA) is 76.8 Å². The van der Waals surface area contributed by atoms with Crippen molar-refractivity contribution in [2.45, 2.75) is 26.7 Å². The molecule has 2 rings (SSSR count). The van der Waals surface area contributed by atoms with Crippen molar-refractivity contribution in [3.05, 3.63) is 46.3 Å². The summed E-state index contributed by atoms with van der Waals surface area (Å²) in [5.41, 5.74) is -0.255. The number of nitrogens with zero attached hydrogens (tertiary/aromatic N) is 1. The quantitative estimate of drug-likeness (QED) is 0.576. The summed E-state index contributed by atoms with van der Waals surface area (Å²) in [7, 11) is 0. The number of benzene rings is 1. The van der Waals surface area contributed by atoms with E-state index in [0.717, 1.165) is 0 Å². The summed E-state index contributed by atoms with van der Waals surface area (Å²) in [6.45, 7) is 4.61. The molecule has 0 aliphatic heterocycles. The average molecular weight is 331 g/mol. The Bertz CT molecular complexity index is 780. The average Bonchev–Trinajstić information content (AvgIpc) is 2.57. The van der Waals surface area contributed by atoms with Crippen molar-refractivity contribution in [1.82, 2.24) is 4.90 Å². The zero-order chi connectivity index (χ0) is 17.5. The largest absolute Gasteiger partial charge is 0.466 e. The van der Waals surface area contributed by atoms with Gasteiger partial charge in [-0.25, -0.2) is 4.79 Å². The molecule has 2 aromatic rings. The molecular formula is C18H21NO5. The van der Waals surface area contributed by atoms with Crippen LogP contribution in [0.15, 0.2) is 39.5 Å². The second-order valence-corrected chi connectivity index (χ2v) is 5.33. The van der Waals surface area contributed by atoms with Crippen LogP contribution < -0.4 is 5.63 Å². The van der Waals surface area contributed by atoms with Crippen LogP contribution in [0.4, 0.5) is 0 Å². The number of esters is 1. The maximum atomic E-state index is 12.7. The minimum absolute atomic E-state index is 0.0222. The van der Waals surface area contributed by atoms with E-state index in [1.807, 2.05) is 6.92 Å². The van der Waals surface area contributed by atoms with Gasteiger partial charge in [0.05, 0.1) is 13.0 Å². The Labute approximate surface area is 140 Å². The first-order valence-electron chi connectivity index (χ1n) is 8.04. The van der Waals surface area contributed by atoms with Gasteiger partial charge in [-0.05, 0) is 25.5 Å². The summed E-state index contributed by atoms with van der Waals surface area (Å²) >= 11 is 0. The van der Waals surface area contributed by atoms with Gasteiger partial charge in [0.25, 0.3) is 5.91 Å². The van der Waals surface area contributed by atoms with E-state index in [1.165, 1.54) is 11.0 Å². The number of carbonyl (C=O) groups excluding carboxylic acids is 2. The molecule has 0 saturated heterocycles. The summed E-state index contributed by atoms with van der Waals surface area (Å²) in [6.07, 6.45) is 0.811. The number of carbonyl (C=O) groups is 2. The van der Waals surface area contributed by atoms with Gasteiger partial charge in [-0.3, -0.25) is 9.59 Å². The predicted octanol–water partition coefficient (Wildman–Crippen LogP) is 2.60. The fourth-order valence-electron chi connectivity index (χ4n) is 2.43. The molecule has 0 aliphatic carbocycles. The van der Waals surface area contributed by atoms with Crippen molar-refractivity contribution < 1.29 is 18.7 Å². The normalized spacial score (nSPS) is 10.6. The van der Waals surface area contributed by atoms with Crippen LogP contribution in [0.3, 0.4) is 0 Å². The van der Waals surface area contributed by atoms with Gasteiger partial charge >= 0.3 is 11.6 Å². The molecule has 0 atom stereocenters. The maximum Gasteiger partial charge on any atom is 0.349 e. The first-order chi connectivity index (χ1) is 11.6. The number of amides is 1. The highest BCUT2D eigenvalue weighted by atomic mass is 16.5. The summed E-state index contributed by atoms with van der Waals surface area (Å²) in [5, 5.41) is 0.683. The van der Waals surface area contributed by atoms with Gasteiger partial charge in [0.2, 0.25) is 0 Å². The lowest BCUT2D eigenvalue weighted by Crippen LogP contribution is -2.36. The summed E-state index contributed by atoms with van der Waals surface area (Å²) in [5.74, 6) is -0.794. The zero-order valence-electron chi connectivity index (χ0n) is 13.9. The van der Waals surface area contributed by atoms with Gasteiger partial charge in [-0.1, -0.05) is 25.1 Å². The van der Waals surface area contributed by atoms with E-state index in [1.54, 1.807) is 31.2 Å². The number of hydrogen-bond acceptors (Lipinski definition) is 5. The Hall–Kier alpha value is -2.63. The summed E-state index contributed by atoms with van der Waals surface area (Å²) in [6, 6.07) is 8.56. The molecule has 6 nitrogen and oxygen atoms in total. The molecule has 1 aromatic carbocycles. The predicted molar refractivity (Wildman–Crippen MR) is 89.9 cm³/mol. The van der Waals surface area contributed by atoms with Gasteiger partial charge < -0.3 is 14.1 Å². The SMILES string of the molecule is CCCN(CCC(=O)OCC)C(=O)c1cc2ccccc2oc1=O. The van der Waals surface area contributed by atoms with Gasteiger partial charge in [0.1, 0.15) is 11.1 Å². The van der Waals surface area contributed by atoms with E-state index in [-0.39, 0.29) is 24.5 Å². The second-order valence-electron chi connectivity index (χ2n) is 5.33. The molecule has 0 fully saturated rings. The molecular weight excluding hydrogens is 310 g/mol. The van der Waals surface area contributed by atoms with Crippen LogP contribution in [0.2, 0.25) is 0 Å². The Morgan fingerprint density at radius 3 is 2.62 bits per heavy atom. The fourth-order valence-corrected chi connectivity index (χ4v) is 2.43. The molecule has 6 heteroatoms. The third-order valence-corrected chi connectivity index (χ3v) is 3.54. The molecule has 1 aromatic heterocycles. The van der Waals surface area contributed by atoms with Crippen LogP contribution in [0.1, 0.15) is 37.0 Å². The van der Waals surface area contributed by atoms with Gasteiger partial charge in [0.15, 0.2) is 0 Å². The molecule has 0 radical (unpaired) electrons. The lowest BCUT2D eigenvalue weighted by Gasteiger charge is -2.21. The molecule has 0 spiro atoms. The summed E-state index contributed by atoms with van der Waals surface area (Å²) in [4.78, 5) is 37.8. The molecule has 1 heterocycles. The minimum atomic E-state index is -0.670. The van der Waals surface area contributed by atoms with Gasteiger partial charge in [0, 0.05) is 18.5 Å². The van der Waals surface area contributed by atoms with Gasteiger partial charge in [-0.2, -0.15) is 0 Å². The Morgan fingerprint density at radius 2 is 1.92 bits per heavy atom. The highest BCUT2D eigenvalue weighted by molar-refractivity contribution is 5.96. The van der Waals surface area contributed by atoms with Crippen LogP contribution in [-0.2, 0) is 9.53 Å². The Kier molecular flexibility index (Phi) is 6.12. The molecule has 0 N–H and O–H groups in total. The lowest BCUT2D eigenvalue weighted by atomic mass is 10.1. The molecule has 24 heavy (non-hydrogen) atoms. The van der Waals surface area contributed by atoms with Crippen molar-refractivity contribution in [2.75, 3.05) is 19.7 Å². The third-order valence-electron chi connectivity index (χ3n) is 3.54. The molecule has 0 aliphatic rings. The number of rotatable bonds is 7. The highest BCUT2D eigenvalue weighted by Crippen LogP contribution is 2.14. The van der Waals surface area contributed by atoms with Crippen molar-refractivity contribution >= 4 is 22.8 Å². The van der Waals surface area contributed by atoms with Crippen LogP contribution >= 0.6 is 0 Å². The fraction of sp³-hybridized carbons (Fsp3) is 0.389. The highest BCUT2D eigenvalue weighted by Gasteiger charge is 2.21. The molecule has 0 saturated carbocycles. The van der Waals surface area contributed by atoms with E-state index in [4.69, 9.17) is 9.15 Å². The van der Waals surface area contributed by atoms with E-state index in [0.29, 0.717) is 30.5 Å². The molecule has 0 unspecified atom stereocenters. The number of ether oxygens (including phenoxy) is 1.